The molecular weight excluding hydrogens is 274 g/mol. The molecule has 104 valence electrons. The highest BCUT2D eigenvalue weighted by molar-refractivity contribution is 7.10. The highest BCUT2D eigenvalue weighted by atomic mass is 32.1. The molecule has 0 saturated carbocycles. The molecule has 0 spiro atoms. The third kappa shape index (κ3) is 3.73. The summed E-state index contributed by atoms with van der Waals surface area (Å²) in [5.41, 5.74) is 0.888. The zero-order valence-corrected chi connectivity index (χ0v) is 11.9. The van der Waals surface area contributed by atoms with E-state index in [2.05, 4.69) is 17.2 Å². The molecule has 2 aromatic rings. The topological polar surface area (TPSA) is 62.5 Å². The SMILES string of the molecule is Cc1ccc(C(=O)NCc2sccc2C#CCCO)o1. The van der Waals surface area contributed by atoms with Gasteiger partial charge in [0, 0.05) is 16.9 Å². The smallest absolute Gasteiger partial charge is 0.287 e. The highest BCUT2D eigenvalue weighted by Gasteiger charge is 2.10. The average molecular weight is 289 g/mol. The van der Waals surface area contributed by atoms with Gasteiger partial charge in [0.15, 0.2) is 5.76 Å². The molecule has 0 unspecified atom stereocenters. The van der Waals surface area contributed by atoms with Crippen LogP contribution in [0.15, 0.2) is 28.0 Å². The molecule has 20 heavy (non-hydrogen) atoms. The van der Waals surface area contributed by atoms with E-state index < -0.39 is 0 Å². The van der Waals surface area contributed by atoms with E-state index in [1.54, 1.807) is 19.1 Å². The Morgan fingerprint density at radius 1 is 1.45 bits per heavy atom. The molecule has 2 N–H and O–H groups in total. The van der Waals surface area contributed by atoms with Gasteiger partial charge in [-0.1, -0.05) is 11.8 Å². The Labute approximate surface area is 121 Å². The number of hydrogen-bond acceptors (Lipinski definition) is 4. The number of carbonyl (C=O) groups excluding carboxylic acids is 1. The zero-order chi connectivity index (χ0) is 14.4. The molecule has 0 atom stereocenters. The predicted octanol–water partition coefficient (Wildman–Crippen LogP) is 2.31. The summed E-state index contributed by atoms with van der Waals surface area (Å²) >= 11 is 1.54. The van der Waals surface area contributed by atoms with Crippen molar-refractivity contribution in [1.29, 1.82) is 0 Å². The van der Waals surface area contributed by atoms with Crippen molar-refractivity contribution in [3.05, 3.63) is 45.5 Å². The van der Waals surface area contributed by atoms with Crippen LogP contribution in [0.5, 0.6) is 0 Å². The van der Waals surface area contributed by atoms with E-state index in [1.807, 2.05) is 11.4 Å². The summed E-state index contributed by atoms with van der Waals surface area (Å²) in [6, 6.07) is 5.32. The first-order chi connectivity index (χ1) is 9.70. The van der Waals surface area contributed by atoms with Crippen LogP contribution in [-0.2, 0) is 6.54 Å². The maximum atomic E-state index is 11.9. The molecule has 4 nitrogen and oxygen atoms in total. The lowest BCUT2D eigenvalue weighted by Crippen LogP contribution is -2.22. The molecule has 0 bridgehead atoms. The fraction of sp³-hybridized carbons (Fsp3) is 0.267. The second-order valence-electron chi connectivity index (χ2n) is 4.13. The van der Waals surface area contributed by atoms with Gasteiger partial charge in [-0.2, -0.15) is 0 Å². The lowest BCUT2D eigenvalue weighted by atomic mass is 10.2. The molecule has 0 aliphatic rings. The highest BCUT2D eigenvalue weighted by Crippen LogP contribution is 2.16. The molecule has 2 aromatic heterocycles. The Morgan fingerprint density at radius 2 is 2.30 bits per heavy atom. The standard InChI is InChI=1S/C15H15NO3S/c1-11-5-6-13(19-11)15(18)16-10-14-12(7-9-20-14)4-2-3-8-17/h5-7,9,17H,3,8,10H2,1H3,(H,16,18). The van der Waals surface area contributed by atoms with Gasteiger partial charge in [-0.05, 0) is 30.5 Å². The maximum Gasteiger partial charge on any atom is 0.287 e. The number of amides is 1. The molecule has 5 heteroatoms. The molecule has 2 rings (SSSR count). The van der Waals surface area contributed by atoms with E-state index >= 15 is 0 Å². The summed E-state index contributed by atoms with van der Waals surface area (Å²) in [5.74, 6) is 6.65. The number of nitrogens with one attached hydrogen (secondary N) is 1. The fourth-order valence-corrected chi connectivity index (χ4v) is 2.38. The summed E-state index contributed by atoms with van der Waals surface area (Å²) in [5, 5.41) is 13.4. The van der Waals surface area contributed by atoms with Crippen molar-refractivity contribution in [2.45, 2.75) is 19.9 Å². The monoisotopic (exact) mass is 289 g/mol. The van der Waals surface area contributed by atoms with E-state index in [9.17, 15) is 4.79 Å². The fourth-order valence-electron chi connectivity index (χ4n) is 1.61. The van der Waals surface area contributed by atoms with Gasteiger partial charge >= 0.3 is 0 Å². The van der Waals surface area contributed by atoms with E-state index in [4.69, 9.17) is 9.52 Å². The van der Waals surface area contributed by atoms with E-state index in [1.165, 1.54) is 11.3 Å². The third-order valence-electron chi connectivity index (χ3n) is 2.58. The Balaban J connectivity index is 1.96. The minimum atomic E-state index is -0.235. The van der Waals surface area contributed by atoms with Gasteiger partial charge in [0.05, 0.1) is 13.2 Å². The van der Waals surface area contributed by atoms with Gasteiger partial charge in [-0.15, -0.1) is 11.3 Å². The lowest BCUT2D eigenvalue weighted by molar-refractivity contribution is 0.0922. The summed E-state index contributed by atoms with van der Waals surface area (Å²) in [4.78, 5) is 12.8. The van der Waals surface area contributed by atoms with Gasteiger partial charge < -0.3 is 14.8 Å². The Kier molecular flexibility index (Phi) is 4.99. The first kappa shape index (κ1) is 14.4. The van der Waals surface area contributed by atoms with Crippen LogP contribution >= 0.6 is 11.3 Å². The second-order valence-corrected chi connectivity index (χ2v) is 5.13. The second kappa shape index (κ2) is 6.94. The van der Waals surface area contributed by atoms with Gasteiger partial charge in [0.1, 0.15) is 5.76 Å². The van der Waals surface area contributed by atoms with Crippen molar-refractivity contribution in [3.63, 3.8) is 0 Å². The first-order valence-electron chi connectivity index (χ1n) is 6.21. The quantitative estimate of drug-likeness (QED) is 0.849. The lowest BCUT2D eigenvalue weighted by Gasteiger charge is -2.01. The number of aryl methyl sites for hydroxylation is 1. The van der Waals surface area contributed by atoms with Crippen molar-refractivity contribution in [2.75, 3.05) is 6.61 Å². The van der Waals surface area contributed by atoms with Crippen LogP contribution in [-0.4, -0.2) is 17.6 Å². The van der Waals surface area contributed by atoms with Crippen LogP contribution < -0.4 is 5.32 Å². The maximum absolute atomic E-state index is 11.9. The molecule has 0 aromatic carbocycles. The van der Waals surface area contributed by atoms with Gasteiger partial charge in [0.25, 0.3) is 5.91 Å². The minimum Gasteiger partial charge on any atom is -0.456 e. The van der Waals surface area contributed by atoms with Crippen LogP contribution in [0.4, 0.5) is 0 Å². The molecule has 0 saturated heterocycles. The number of hydrogen-bond donors (Lipinski definition) is 2. The van der Waals surface area contributed by atoms with Crippen LogP contribution in [0, 0.1) is 18.8 Å². The van der Waals surface area contributed by atoms with Crippen molar-refractivity contribution in [1.82, 2.24) is 5.32 Å². The number of rotatable bonds is 4. The van der Waals surface area contributed by atoms with Crippen molar-refractivity contribution < 1.29 is 14.3 Å². The third-order valence-corrected chi connectivity index (χ3v) is 3.50. The average Bonchev–Trinajstić information content (AvgIpc) is 3.05. The molecule has 0 fully saturated rings. The molecular formula is C15H15NO3S. The number of thiophene rings is 1. The number of furan rings is 1. The van der Waals surface area contributed by atoms with Gasteiger partial charge in [-0.3, -0.25) is 4.79 Å². The summed E-state index contributed by atoms with van der Waals surface area (Å²) < 4.78 is 5.26. The minimum absolute atomic E-state index is 0.0566. The van der Waals surface area contributed by atoms with Crippen molar-refractivity contribution in [2.24, 2.45) is 0 Å². The largest absolute Gasteiger partial charge is 0.456 e. The summed E-state index contributed by atoms with van der Waals surface area (Å²) in [7, 11) is 0. The van der Waals surface area contributed by atoms with Crippen LogP contribution in [0.2, 0.25) is 0 Å². The van der Waals surface area contributed by atoms with Gasteiger partial charge in [0.2, 0.25) is 0 Å². The van der Waals surface area contributed by atoms with Crippen LogP contribution in [0.25, 0.3) is 0 Å². The Morgan fingerprint density at radius 3 is 3.00 bits per heavy atom. The van der Waals surface area contributed by atoms with Gasteiger partial charge in [-0.25, -0.2) is 0 Å². The van der Waals surface area contributed by atoms with E-state index in [-0.39, 0.29) is 12.5 Å². The van der Waals surface area contributed by atoms with Crippen molar-refractivity contribution in [3.8, 4) is 11.8 Å². The molecule has 0 aliphatic carbocycles. The molecule has 2 heterocycles. The number of aliphatic hydroxyl groups is 1. The first-order valence-corrected chi connectivity index (χ1v) is 7.09. The van der Waals surface area contributed by atoms with Crippen LogP contribution in [0.1, 0.15) is 33.2 Å². The van der Waals surface area contributed by atoms with Crippen molar-refractivity contribution >= 4 is 17.2 Å². The Hall–Kier alpha value is -2.03. The van der Waals surface area contributed by atoms with Crippen LogP contribution in [0.3, 0.4) is 0 Å². The Bertz CT molecular complexity index is 645. The van der Waals surface area contributed by atoms with E-state index in [0.717, 1.165) is 10.4 Å². The zero-order valence-electron chi connectivity index (χ0n) is 11.1. The predicted molar refractivity (Wildman–Crippen MR) is 77.5 cm³/mol. The van der Waals surface area contributed by atoms with E-state index in [0.29, 0.717) is 24.5 Å². The number of aliphatic hydroxyl groups excluding tert-OH is 1. The normalized spacial score (nSPS) is 9.90. The number of carbonyl (C=O) groups is 1. The molecule has 0 aliphatic heterocycles. The molecule has 1 amide bonds. The molecule has 0 radical (unpaired) electrons. The summed E-state index contributed by atoms with van der Waals surface area (Å²) in [6.45, 7) is 2.27. The summed E-state index contributed by atoms with van der Waals surface area (Å²) in [6.07, 6.45) is 0.452.